The molecule has 84 valence electrons. The number of anilines is 1. The highest BCUT2D eigenvalue weighted by Crippen LogP contribution is 2.25. The number of aryl methyl sites for hydroxylation is 1. The van der Waals surface area contributed by atoms with Gasteiger partial charge in [-0.1, -0.05) is 35.6 Å². The van der Waals surface area contributed by atoms with Crippen LogP contribution in [0.15, 0.2) is 28.2 Å². The molecule has 16 heavy (non-hydrogen) atoms. The van der Waals surface area contributed by atoms with Crippen LogP contribution in [0.3, 0.4) is 0 Å². The number of hydrogen-bond donors (Lipinski definition) is 1. The van der Waals surface area contributed by atoms with E-state index < -0.39 is 0 Å². The van der Waals surface area contributed by atoms with Crippen LogP contribution in [0.4, 0.5) is 5.13 Å². The van der Waals surface area contributed by atoms with Gasteiger partial charge in [0.1, 0.15) is 0 Å². The number of nitrogens with one attached hydrogen (secondary N) is 1. The van der Waals surface area contributed by atoms with E-state index >= 15 is 0 Å². The van der Waals surface area contributed by atoms with E-state index in [9.17, 15) is 0 Å². The van der Waals surface area contributed by atoms with Crippen molar-refractivity contribution in [3.63, 3.8) is 0 Å². The Kier molecular flexibility index (Phi) is 3.56. The predicted molar refractivity (Wildman–Crippen MR) is 70.8 cm³/mol. The van der Waals surface area contributed by atoms with Gasteiger partial charge in [-0.25, -0.2) is 0 Å². The molecule has 1 aromatic carbocycles. The first kappa shape index (κ1) is 11.5. The van der Waals surface area contributed by atoms with Gasteiger partial charge in [0.15, 0.2) is 3.92 Å². The average Bonchev–Trinajstić information content (AvgIpc) is 2.64. The minimum Gasteiger partial charge on any atom is -0.354 e. The molecule has 5 heteroatoms. The summed E-state index contributed by atoms with van der Waals surface area (Å²) in [6.45, 7) is 4.24. The van der Waals surface area contributed by atoms with Crippen molar-refractivity contribution in [2.75, 3.05) is 5.32 Å². The summed E-state index contributed by atoms with van der Waals surface area (Å²) in [7, 11) is 0. The van der Waals surface area contributed by atoms with Crippen molar-refractivity contribution in [1.29, 1.82) is 0 Å². The molecule has 1 unspecified atom stereocenters. The molecule has 0 aliphatic rings. The highest BCUT2D eigenvalue weighted by molar-refractivity contribution is 9.11. The molecule has 3 nitrogen and oxygen atoms in total. The summed E-state index contributed by atoms with van der Waals surface area (Å²) < 4.78 is 0.798. The van der Waals surface area contributed by atoms with E-state index in [1.807, 2.05) is 6.07 Å². The zero-order valence-electron chi connectivity index (χ0n) is 9.07. The summed E-state index contributed by atoms with van der Waals surface area (Å²) >= 11 is 4.80. The van der Waals surface area contributed by atoms with Crippen LogP contribution < -0.4 is 5.32 Å². The van der Waals surface area contributed by atoms with Crippen LogP contribution in [0.25, 0.3) is 0 Å². The molecular weight excluding hydrogens is 286 g/mol. The molecule has 0 aliphatic heterocycles. The Labute approximate surface area is 107 Å². The van der Waals surface area contributed by atoms with Crippen LogP contribution >= 0.6 is 27.3 Å². The number of benzene rings is 1. The van der Waals surface area contributed by atoms with Crippen LogP contribution in [-0.4, -0.2) is 10.2 Å². The molecule has 0 radical (unpaired) electrons. The number of halogens is 1. The topological polar surface area (TPSA) is 37.8 Å². The van der Waals surface area contributed by atoms with Crippen LogP contribution in [0.5, 0.6) is 0 Å². The van der Waals surface area contributed by atoms with Crippen molar-refractivity contribution in [3.8, 4) is 0 Å². The quantitative estimate of drug-likeness (QED) is 0.937. The van der Waals surface area contributed by atoms with E-state index in [1.165, 1.54) is 22.5 Å². The van der Waals surface area contributed by atoms with Crippen LogP contribution in [0.1, 0.15) is 24.1 Å². The molecule has 1 heterocycles. The highest BCUT2D eigenvalue weighted by Gasteiger charge is 2.09. The lowest BCUT2D eigenvalue weighted by Gasteiger charge is -2.15. The Morgan fingerprint density at radius 2 is 2.06 bits per heavy atom. The van der Waals surface area contributed by atoms with Gasteiger partial charge in [0.2, 0.25) is 5.13 Å². The summed E-state index contributed by atoms with van der Waals surface area (Å²) in [5.74, 6) is 0. The fourth-order valence-corrected chi connectivity index (χ4v) is 2.70. The smallest absolute Gasteiger partial charge is 0.206 e. The molecule has 1 atom stereocenters. The highest BCUT2D eigenvalue weighted by atomic mass is 79.9. The lowest BCUT2D eigenvalue weighted by Crippen LogP contribution is -2.07. The van der Waals surface area contributed by atoms with Gasteiger partial charge >= 0.3 is 0 Å². The van der Waals surface area contributed by atoms with Gasteiger partial charge in [0, 0.05) is 0 Å². The molecule has 0 spiro atoms. The summed E-state index contributed by atoms with van der Waals surface area (Å²) in [5.41, 5.74) is 2.57. The van der Waals surface area contributed by atoms with Gasteiger partial charge in [0.05, 0.1) is 6.04 Å². The second-order valence-electron chi connectivity index (χ2n) is 3.58. The van der Waals surface area contributed by atoms with Gasteiger partial charge in [-0.2, -0.15) is 0 Å². The summed E-state index contributed by atoms with van der Waals surface area (Å²) in [4.78, 5) is 0. The van der Waals surface area contributed by atoms with Gasteiger partial charge in [-0.05, 0) is 40.9 Å². The van der Waals surface area contributed by atoms with Crippen molar-refractivity contribution < 1.29 is 0 Å². The van der Waals surface area contributed by atoms with E-state index in [-0.39, 0.29) is 6.04 Å². The van der Waals surface area contributed by atoms with E-state index in [4.69, 9.17) is 0 Å². The Morgan fingerprint density at radius 1 is 1.31 bits per heavy atom. The molecule has 0 saturated carbocycles. The monoisotopic (exact) mass is 297 g/mol. The Hall–Kier alpha value is -0.940. The standard InChI is InChI=1S/C11H12BrN3S/c1-7-5-3-4-6-9(7)8(2)13-11-15-14-10(12)16-11/h3-6,8H,1-2H3,(H,13,15). The third-order valence-electron chi connectivity index (χ3n) is 2.40. The first-order valence-corrected chi connectivity index (χ1v) is 6.59. The normalized spacial score (nSPS) is 12.4. The maximum absolute atomic E-state index is 4.02. The van der Waals surface area contributed by atoms with Gasteiger partial charge in [0.25, 0.3) is 0 Å². The van der Waals surface area contributed by atoms with Crippen molar-refractivity contribution in [2.45, 2.75) is 19.9 Å². The largest absolute Gasteiger partial charge is 0.354 e. The summed E-state index contributed by atoms with van der Waals surface area (Å²) in [6.07, 6.45) is 0. The van der Waals surface area contributed by atoms with Gasteiger partial charge in [-0.3, -0.25) is 0 Å². The maximum atomic E-state index is 4.02. The third kappa shape index (κ3) is 2.59. The second kappa shape index (κ2) is 4.93. The minimum atomic E-state index is 0.237. The molecule has 0 amide bonds. The minimum absolute atomic E-state index is 0.237. The fraction of sp³-hybridized carbons (Fsp3) is 0.273. The SMILES string of the molecule is Cc1ccccc1C(C)Nc1nnc(Br)s1. The zero-order valence-corrected chi connectivity index (χ0v) is 11.5. The van der Waals surface area contributed by atoms with Crippen LogP contribution in [0, 0.1) is 6.92 Å². The third-order valence-corrected chi connectivity index (χ3v) is 3.68. The molecule has 1 N–H and O–H groups in total. The van der Waals surface area contributed by atoms with Crippen molar-refractivity contribution in [1.82, 2.24) is 10.2 Å². The lowest BCUT2D eigenvalue weighted by molar-refractivity contribution is 0.863. The molecular formula is C11H12BrN3S. The molecule has 0 saturated heterocycles. The molecule has 2 rings (SSSR count). The average molecular weight is 298 g/mol. The Morgan fingerprint density at radius 3 is 2.69 bits per heavy atom. The molecule has 1 aromatic heterocycles. The van der Waals surface area contributed by atoms with Crippen LogP contribution in [0.2, 0.25) is 0 Å². The van der Waals surface area contributed by atoms with Crippen LogP contribution in [-0.2, 0) is 0 Å². The fourth-order valence-electron chi connectivity index (χ4n) is 1.60. The van der Waals surface area contributed by atoms with Gasteiger partial charge < -0.3 is 5.32 Å². The number of nitrogens with zero attached hydrogens (tertiary/aromatic N) is 2. The second-order valence-corrected chi connectivity index (χ2v) is 5.84. The predicted octanol–water partition coefficient (Wildman–Crippen LogP) is 3.78. The molecule has 0 aliphatic carbocycles. The lowest BCUT2D eigenvalue weighted by atomic mass is 10.0. The maximum Gasteiger partial charge on any atom is 0.206 e. The number of aromatic nitrogens is 2. The molecule has 0 bridgehead atoms. The number of rotatable bonds is 3. The molecule has 2 aromatic rings. The number of hydrogen-bond acceptors (Lipinski definition) is 4. The van der Waals surface area contributed by atoms with E-state index in [1.54, 1.807) is 0 Å². The summed E-state index contributed by atoms with van der Waals surface area (Å²) in [6, 6.07) is 8.58. The first-order valence-electron chi connectivity index (χ1n) is 4.98. The van der Waals surface area contributed by atoms with E-state index in [0.29, 0.717) is 0 Å². The van der Waals surface area contributed by atoms with E-state index in [0.717, 1.165) is 9.05 Å². The molecule has 0 fully saturated rings. The van der Waals surface area contributed by atoms with E-state index in [2.05, 4.69) is 63.5 Å². The van der Waals surface area contributed by atoms with Crippen molar-refractivity contribution >= 4 is 32.4 Å². The zero-order chi connectivity index (χ0) is 11.5. The van der Waals surface area contributed by atoms with Crippen molar-refractivity contribution in [3.05, 3.63) is 39.3 Å². The van der Waals surface area contributed by atoms with Gasteiger partial charge in [-0.15, -0.1) is 10.2 Å². The Balaban J connectivity index is 2.14. The summed E-state index contributed by atoms with van der Waals surface area (Å²) in [5, 5.41) is 12.1. The Bertz CT molecular complexity index is 484. The first-order chi connectivity index (χ1) is 7.66. The van der Waals surface area contributed by atoms with Crippen molar-refractivity contribution in [2.24, 2.45) is 0 Å².